The van der Waals surface area contributed by atoms with Crippen molar-refractivity contribution in [3.8, 4) is 0 Å². The normalized spacial score (nSPS) is 12.0. The third-order valence-corrected chi connectivity index (χ3v) is 17.8. The van der Waals surface area contributed by atoms with E-state index in [1.54, 1.807) is 0 Å². The number of esters is 3. The molecule has 0 spiro atoms. The minimum atomic E-state index is -0.771. The fourth-order valence-electron chi connectivity index (χ4n) is 12.0. The summed E-state index contributed by atoms with van der Waals surface area (Å²) in [6.45, 7) is 6.73. The first-order chi connectivity index (χ1) is 41.0. The molecule has 0 aromatic carbocycles. The average Bonchev–Trinajstić information content (AvgIpc) is 3.49. The zero-order valence-corrected chi connectivity index (χ0v) is 56.8. The number of carbonyl (C=O) groups excluding carboxylic acids is 3. The van der Waals surface area contributed by atoms with E-state index in [1.807, 2.05) is 0 Å². The first-order valence-electron chi connectivity index (χ1n) is 38.2. The van der Waals surface area contributed by atoms with Crippen LogP contribution in [0.1, 0.15) is 445 Å². The second-order valence-corrected chi connectivity index (χ2v) is 26.3. The Morgan fingerprint density at radius 2 is 0.398 bits per heavy atom. The highest BCUT2D eigenvalue weighted by Gasteiger charge is 2.20. The van der Waals surface area contributed by atoms with Crippen LogP contribution in [0.3, 0.4) is 0 Å². The largest absolute Gasteiger partial charge is 0.462 e. The number of allylic oxidation sites excluding steroid dienone is 2. The number of carbonyl (C=O) groups is 3. The zero-order chi connectivity index (χ0) is 59.9. The summed E-state index contributed by atoms with van der Waals surface area (Å²) >= 11 is 0. The minimum absolute atomic E-state index is 0.0653. The molecule has 0 fully saturated rings. The molecule has 0 bridgehead atoms. The fraction of sp³-hybridized carbons (Fsp3) is 0.935. The lowest BCUT2D eigenvalue weighted by Crippen LogP contribution is -2.30. The molecule has 0 rings (SSSR count). The molecule has 0 aromatic heterocycles. The van der Waals surface area contributed by atoms with Crippen LogP contribution in [0.2, 0.25) is 0 Å². The molecular formula is C77H148O6. The van der Waals surface area contributed by atoms with Gasteiger partial charge < -0.3 is 14.2 Å². The molecule has 0 saturated carbocycles. The van der Waals surface area contributed by atoms with Gasteiger partial charge in [-0.05, 0) is 44.9 Å². The van der Waals surface area contributed by atoms with E-state index in [0.717, 1.165) is 64.2 Å². The lowest BCUT2D eigenvalue weighted by Gasteiger charge is -2.18. The van der Waals surface area contributed by atoms with Crippen LogP contribution in [-0.4, -0.2) is 37.2 Å². The topological polar surface area (TPSA) is 78.9 Å². The van der Waals surface area contributed by atoms with Crippen LogP contribution in [0, 0.1) is 0 Å². The Bertz CT molecular complexity index is 1300. The van der Waals surface area contributed by atoms with Crippen molar-refractivity contribution in [1.29, 1.82) is 0 Å². The third kappa shape index (κ3) is 70.8. The molecule has 0 N–H and O–H groups in total. The first kappa shape index (κ1) is 81.2. The SMILES string of the molecule is CCCCCCCC/C=C\CCCCCCCC(=O)OCC(COC(=O)CCCCCCCCCCCCCCCCCCCCCCCCCCCCC)OC(=O)CCCCCCCCCCCCCCCCCCCCCCCCC. The molecule has 1 unspecified atom stereocenters. The average molecular weight is 1170 g/mol. The number of ether oxygens (including phenoxy) is 3. The molecule has 0 aliphatic rings. The predicted octanol–water partition coefficient (Wildman–Crippen LogP) is 26.3. The summed E-state index contributed by atoms with van der Waals surface area (Å²) in [6.07, 6.45) is 88.4. The molecule has 6 heteroatoms. The third-order valence-electron chi connectivity index (χ3n) is 17.8. The van der Waals surface area contributed by atoms with Crippen molar-refractivity contribution in [2.24, 2.45) is 0 Å². The molecule has 0 heterocycles. The maximum absolute atomic E-state index is 13.0. The molecule has 0 aromatic rings. The smallest absolute Gasteiger partial charge is 0.306 e. The van der Waals surface area contributed by atoms with E-state index in [9.17, 15) is 14.4 Å². The Hall–Kier alpha value is -1.85. The Morgan fingerprint density at radius 3 is 0.602 bits per heavy atom. The van der Waals surface area contributed by atoms with Crippen LogP contribution in [0.4, 0.5) is 0 Å². The van der Waals surface area contributed by atoms with Crippen molar-refractivity contribution in [1.82, 2.24) is 0 Å². The highest BCUT2D eigenvalue weighted by molar-refractivity contribution is 5.71. The van der Waals surface area contributed by atoms with E-state index in [4.69, 9.17) is 14.2 Å². The van der Waals surface area contributed by atoms with E-state index in [0.29, 0.717) is 19.3 Å². The van der Waals surface area contributed by atoms with Crippen molar-refractivity contribution >= 4 is 17.9 Å². The molecule has 0 amide bonds. The summed E-state index contributed by atoms with van der Waals surface area (Å²) in [5.74, 6) is -0.834. The van der Waals surface area contributed by atoms with Gasteiger partial charge in [-0.25, -0.2) is 0 Å². The molecule has 492 valence electrons. The molecule has 0 aliphatic heterocycles. The first-order valence-corrected chi connectivity index (χ1v) is 38.2. The zero-order valence-electron chi connectivity index (χ0n) is 56.8. The maximum Gasteiger partial charge on any atom is 0.306 e. The van der Waals surface area contributed by atoms with Crippen LogP contribution in [0.15, 0.2) is 12.2 Å². The quantitative estimate of drug-likeness (QED) is 0.0261. The standard InChI is InChI=1S/C77H148O6/c1-4-7-10-13-16-19-22-25-28-30-32-34-36-37-38-39-41-42-44-46-49-52-55-58-61-64-67-70-76(79)82-73-74(72-81-75(78)69-66-63-60-57-54-51-48-27-24-21-18-15-12-9-6-3)83-77(80)71-68-65-62-59-56-53-50-47-45-43-40-35-33-31-29-26-23-20-17-14-11-8-5-2/h27,48,74H,4-26,28-47,49-73H2,1-3H3/b48-27-. The molecular weight excluding hydrogens is 1020 g/mol. The van der Waals surface area contributed by atoms with Gasteiger partial charge in [-0.2, -0.15) is 0 Å². The van der Waals surface area contributed by atoms with Crippen LogP contribution >= 0.6 is 0 Å². The summed E-state index contributed by atoms with van der Waals surface area (Å²) in [4.78, 5) is 38.5. The monoisotopic (exact) mass is 1170 g/mol. The molecule has 1 atom stereocenters. The molecule has 0 radical (unpaired) electrons. The van der Waals surface area contributed by atoms with Gasteiger partial charge in [0.15, 0.2) is 6.10 Å². The van der Waals surface area contributed by atoms with Gasteiger partial charge in [-0.1, -0.05) is 392 Å². The van der Waals surface area contributed by atoms with Gasteiger partial charge in [-0.15, -0.1) is 0 Å². The second-order valence-electron chi connectivity index (χ2n) is 26.3. The Balaban J connectivity index is 4.20. The maximum atomic E-state index is 13.0. The molecule has 83 heavy (non-hydrogen) atoms. The molecule has 0 saturated heterocycles. The van der Waals surface area contributed by atoms with Gasteiger partial charge in [-0.3, -0.25) is 14.4 Å². The Labute approximate surface area is 520 Å². The predicted molar refractivity (Wildman–Crippen MR) is 363 cm³/mol. The number of unbranched alkanes of at least 4 members (excludes halogenated alkanes) is 59. The lowest BCUT2D eigenvalue weighted by molar-refractivity contribution is -0.167. The van der Waals surface area contributed by atoms with Gasteiger partial charge in [0.05, 0.1) is 0 Å². The summed E-state index contributed by atoms with van der Waals surface area (Å²) in [5.41, 5.74) is 0. The number of hydrogen-bond acceptors (Lipinski definition) is 6. The van der Waals surface area contributed by atoms with Crippen molar-refractivity contribution in [2.45, 2.75) is 451 Å². The van der Waals surface area contributed by atoms with Crippen molar-refractivity contribution < 1.29 is 28.6 Å². The van der Waals surface area contributed by atoms with Gasteiger partial charge >= 0.3 is 17.9 Å². The summed E-state index contributed by atoms with van der Waals surface area (Å²) in [7, 11) is 0. The molecule has 0 aliphatic carbocycles. The second kappa shape index (κ2) is 72.6. The Morgan fingerprint density at radius 1 is 0.229 bits per heavy atom. The number of hydrogen-bond donors (Lipinski definition) is 0. The van der Waals surface area contributed by atoms with Gasteiger partial charge in [0.25, 0.3) is 0 Å². The van der Waals surface area contributed by atoms with Crippen LogP contribution in [0.5, 0.6) is 0 Å². The van der Waals surface area contributed by atoms with E-state index in [-0.39, 0.29) is 31.1 Å². The summed E-state index contributed by atoms with van der Waals surface area (Å²) in [5, 5.41) is 0. The van der Waals surface area contributed by atoms with Crippen molar-refractivity contribution in [2.75, 3.05) is 13.2 Å². The van der Waals surface area contributed by atoms with Gasteiger partial charge in [0.2, 0.25) is 0 Å². The van der Waals surface area contributed by atoms with E-state index < -0.39 is 6.10 Å². The highest BCUT2D eigenvalue weighted by Crippen LogP contribution is 2.20. The van der Waals surface area contributed by atoms with Crippen LogP contribution in [0.25, 0.3) is 0 Å². The van der Waals surface area contributed by atoms with Crippen molar-refractivity contribution in [3.63, 3.8) is 0 Å². The van der Waals surface area contributed by atoms with Crippen LogP contribution in [-0.2, 0) is 28.6 Å². The van der Waals surface area contributed by atoms with E-state index in [1.165, 1.54) is 340 Å². The number of rotatable bonds is 72. The van der Waals surface area contributed by atoms with Gasteiger partial charge in [0, 0.05) is 19.3 Å². The minimum Gasteiger partial charge on any atom is -0.462 e. The van der Waals surface area contributed by atoms with E-state index in [2.05, 4.69) is 32.9 Å². The summed E-state index contributed by atoms with van der Waals surface area (Å²) in [6, 6.07) is 0. The fourth-order valence-corrected chi connectivity index (χ4v) is 12.0. The van der Waals surface area contributed by atoms with E-state index >= 15 is 0 Å². The van der Waals surface area contributed by atoms with Gasteiger partial charge in [0.1, 0.15) is 13.2 Å². The van der Waals surface area contributed by atoms with Crippen molar-refractivity contribution in [3.05, 3.63) is 12.2 Å². The Kier molecular flexibility index (Phi) is 71.0. The summed E-state index contributed by atoms with van der Waals surface area (Å²) < 4.78 is 17.0. The van der Waals surface area contributed by atoms with Crippen LogP contribution < -0.4 is 0 Å². The highest BCUT2D eigenvalue weighted by atomic mass is 16.6. The molecule has 6 nitrogen and oxygen atoms in total. The lowest BCUT2D eigenvalue weighted by atomic mass is 10.0.